The number of hydrogen-bond acceptors (Lipinski definition) is 2. The number of nitrogens with one attached hydrogen (secondary N) is 1. The molecule has 0 saturated carbocycles. The van der Waals surface area contributed by atoms with E-state index >= 15 is 0 Å². The molecule has 2 aliphatic carbocycles. The fourth-order valence-electron chi connectivity index (χ4n) is 8.37. The molecule has 0 aliphatic heterocycles. The largest absolute Gasteiger partial charge is 0.397 e. The molecule has 0 fully saturated rings. The molecule has 0 radical (unpaired) electrons. The first-order chi connectivity index (χ1) is 23.2. The van der Waals surface area contributed by atoms with Gasteiger partial charge in [-0.3, -0.25) is 0 Å². The Balaban J connectivity index is 1.20. The number of hydrogen-bond donors (Lipinski definition) is 2. The number of benzene rings is 8. The molecule has 0 aromatic heterocycles. The quantitative estimate of drug-likeness (QED) is 0.199. The lowest BCUT2D eigenvalue weighted by Crippen LogP contribution is -2.26. The molecule has 0 atom stereocenters. The summed E-state index contributed by atoms with van der Waals surface area (Å²) in [4.78, 5) is 0. The minimum Gasteiger partial charge on any atom is -0.397 e. The molecule has 220 valence electrons. The lowest BCUT2D eigenvalue weighted by Gasteiger charge is -2.31. The van der Waals surface area contributed by atoms with Gasteiger partial charge in [-0.2, -0.15) is 0 Å². The van der Waals surface area contributed by atoms with E-state index in [1.165, 1.54) is 66.1 Å². The summed E-state index contributed by atoms with van der Waals surface area (Å²) in [7, 11) is 0. The van der Waals surface area contributed by atoms with Gasteiger partial charge < -0.3 is 11.1 Å². The summed E-state index contributed by atoms with van der Waals surface area (Å²) < 4.78 is 0. The Morgan fingerprint density at radius 2 is 1.06 bits per heavy atom. The van der Waals surface area contributed by atoms with Crippen LogP contribution in [0.3, 0.4) is 0 Å². The highest BCUT2D eigenvalue weighted by atomic mass is 14.9. The van der Waals surface area contributed by atoms with Gasteiger partial charge in [0.1, 0.15) is 0 Å². The molecule has 0 amide bonds. The van der Waals surface area contributed by atoms with E-state index in [2.05, 4.69) is 139 Å². The number of fused-ring (bicyclic) bond motifs is 13. The first kappa shape index (κ1) is 26.1. The molecule has 0 saturated heterocycles. The maximum Gasteiger partial charge on any atom is 0.0731 e. The highest BCUT2D eigenvalue weighted by Crippen LogP contribution is 2.64. The summed E-state index contributed by atoms with van der Waals surface area (Å²) in [6.07, 6.45) is 0. The SMILES string of the molecule is Nc1cc(-c2ccc3c4c(ccc3c2)-c2cc3ccccc3cc2C42c3ccccc3-c3ccccc32)ccc1Nc1ccccc1. The van der Waals surface area contributed by atoms with E-state index in [0.29, 0.717) is 0 Å². The molecule has 8 aromatic rings. The molecular formula is C45H30N2. The third-order valence-electron chi connectivity index (χ3n) is 10.4. The average Bonchev–Trinajstić information content (AvgIpc) is 3.58. The summed E-state index contributed by atoms with van der Waals surface area (Å²) in [6.45, 7) is 0. The Labute approximate surface area is 273 Å². The molecule has 0 heterocycles. The van der Waals surface area contributed by atoms with E-state index in [1.807, 2.05) is 30.3 Å². The summed E-state index contributed by atoms with van der Waals surface area (Å²) >= 11 is 0. The van der Waals surface area contributed by atoms with E-state index in [1.54, 1.807) is 0 Å². The number of nitrogen functional groups attached to an aromatic ring is 1. The van der Waals surface area contributed by atoms with Crippen molar-refractivity contribution in [3.63, 3.8) is 0 Å². The zero-order valence-corrected chi connectivity index (χ0v) is 25.7. The van der Waals surface area contributed by atoms with E-state index in [-0.39, 0.29) is 0 Å². The van der Waals surface area contributed by atoms with Gasteiger partial charge in [0.05, 0.1) is 16.8 Å². The topological polar surface area (TPSA) is 38.0 Å². The molecule has 2 heteroatoms. The van der Waals surface area contributed by atoms with Crippen LogP contribution in [0.5, 0.6) is 0 Å². The Morgan fingerprint density at radius 3 is 1.81 bits per heavy atom. The highest BCUT2D eigenvalue weighted by molar-refractivity contribution is 6.07. The van der Waals surface area contributed by atoms with Crippen molar-refractivity contribution in [2.24, 2.45) is 0 Å². The predicted octanol–water partition coefficient (Wildman–Crippen LogP) is 11.3. The Bertz CT molecular complexity index is 2520. The van der Waals surface area contributed by atoms with Gasteiger partial charge in [0.15, 0.2) is 0 Å². The Morgan fingerprint density at radius 1 is 0.426 bits per heavy atom. The minimum absolute atomic E-state index is 0.405. The van der Waals surface area contributed by atoms with Crippen molar-refractivity contribution in [3.05, 3.63) is 186 Å². The van der Waals surface area contributed by atoms with Crippen molar-refractivity contribution in [3.8, 4) is 33.4 Å². The van der Waals surface area contributed by atoms with Crippen LogP contribution >= 0.6 is 0 Å². The summed E-state index contributed by atoms with van der Waals surface area (Å²) in [6, 6.07) is 59.7. The van der Waals surface area contributed by atoms with E-state index in [4.69, 9.17) is 5.73 Å². The third kappa shape index (κ3) is 3.61. The summed E-state index contributed by atoms with van der Waals surface area (Å²) in [5.74, 6) is 0. The van der Waals surface area contributed by atoms with Gasteiger partial charge in [-0.05, 0) is 120 Å². The van der Waals surface area contributed by atoms with Gasteiger partial charge in [-0.1, -0.05) is 121 Å². The smallest absolute Gasteiger partial charge is 0.0731 e. The van der Waals surface area contributed by atoms with Crippen LogP contribution in [0, 0.1) is 0 Å². The standard InChI is InChI=1S/C45H30N2/c46-42-27-31(20-23-43(42)47-33-12-2-1-3-13-33)30-18-21-34-32(24-30)19-22-37-38-25-28-10-4-5-11-29(28)26-41(38)45(44(34)37)39-16-8-6-14-35(39)36-15-7-9-17-40(36)45/h1-27,47H,46H2. The summed E-state index contributed by atoms with van der Waals surface area (Å²) in [5.41, 5.74) is 21.8. The van der Waals surface area contributed by atoms with Gasteiger partial charge >= 0.3 is 0 Å². The molecule has 0 unspecified atom stereocenters. The predicted molar refractivity (Wildman–Crippen MR) is 197 cm³/mol. The van der Waals surface area contributed by atoms with Crippen LogP contribution in [0.4, 0.5) is 17.1 Å². The number of para-hydroxylation sites is 1. The Kier molecular flexibility index (Phi) is 5.39. The van der Waals surface area contributed by atoms with Crippen LogP contribution in [0.2, 0.25) is 0 Å². The van der Waals surface area contributed by atoms with Crippen molar-refractivity contribution in [1.82, 2.24) is 0 Å². The number of rotatable bonds is 3. The third-order valence-corrected chi connectivity index (χ3v) is 10.4. The van der Waals surface area contributed by atoms with Gasteiger partial charge in [-0.15, -0.1) is 0 Å². The molecule has 8 aromatic carbocycles. The van der Waals surface area contributed by atoms with Crippen LogP contribution in [0.15, 0.2) is 164 Å². The molecule has 1 spiro atoms. The van der Waals surface area contributed by atoms with Gasteiger partial charge in [0.25, 0.3) is 0 Å². The zero-order chi connectivity index (χ0) is 31.1. The normalized spacial score (nSPS) is 13.4. The van der Waals surface area contributed by atoms with Gasteiger partial charge in [0, 0.05) is 5.69 Å². The number of nitrogens with two attached hydrogens (primary N) is 1. The van der Waals surface area contributed by atoms with Crippen molar-refractivity contribution >= 4 is 38.6 Å². The molecule has 0 bridgehead atoms. The van der Waals surface area contributed by atoms with Crippen LogP contribution < -0.4 is 11.1 Å². The van der Waals surface area contributed by atoms with Crippen LogP contribution in [-0.4, -0.2) is 0 Å². The van der Waals surface area contributed by atoms with E-state index < -0.39 is 5.41 Å². The van der Waals surface area contributed by atoms with Crippen molar-refractivity contribution in [2.75, 3.05) is 11.1 Å². The van der Waals surface area contributed by atoms with Crippen molar-refractivity contribution < 1.29 is 0 Å². The van der Waals surface area contributed by atoms with Gasteiger partial charge in [0.2, 0.25) is 0 Å². The van der Waals surface area contributed by atoms with E-state index in [0.717, 1.165) is 28.2 Å². The zero-order valence-electron chi connectivity index (χ0n) is 25.7. The molecule has 3 N–H and O–H groups in total. The Hall–Kier alpha value is -6.12. The fraction of sp³-hybridized carbons (Fsp3) is 0.0222. The average molecular weight is 599 g/mol. The lowest BCUT2D eigenvalue weighted by molar-refractivity contribution is 0.802. The second-order valence-electron chi connectivity index (χ2n) is 12.8. The van der Waals surface area contributed by atoms with Crippen LogP contribution in [-0.2, 0) is 5.41 Å². The summed E-state index contributed by atoms with van der Waals surface area (Å²) in [5, 5.41) is 8.50. The lowest BCUT2D eigenvalue weighted by atomic mass is 9.69. The minimum atomic E-state index is -0.405. The monoisotopic (exact) mass is 598 g/mol. The molecule has 47 heavy (non-hydrogen) atoms. The van der Waals surface area contributed by atoms with Crippen molar-refractivity contribution in [1.29, 1.82) is 0 Å². The maximum atomic E-state index is 6.59. The van der Waals surface area contributed by atoms with E-state index in [9.17, 15) is 0 Å². The highest BCUT2D eigenvalue weighted by Gasteiger charge is 2.52. The first-order valence-corrected chi connectivity index (χ1v) is 16.2. The first-order valence-electron chi connectivity index (χ1n) is 16.2. The van der Waals surface area contributed by atoms with Crippen molar-refractivity contribution in [2.45, 2.75) is 5.41 Å². The second kappa shape index (κ2) is 9.69. The molecule has 2 nitrogen and oxygen atoms in total. The number of anilines is 3. The molecule has 10 rings (SSSR count). The van der Waals surface area contributed by atoms with Crippen LogP contribution in [0.1, 0.15) is 22.3 Å². The second-order valence-corrected chi connectivity index (χ2v) is 12.8. The van der Waals surface area contributed by atoms with Gasteiger partial charge in [-0.25, -0.2) is 0 Å². The molecular weight excluding hydrogens is 569 g/mol. The van der Waals surface area contributed by atoms with Crippen LogP contribution in [0.25, 0.3) is 54.9 Å². The maximum absolute atomic E-state index is 6.59. The fourth-order valence-corrected chi connectivity index (χ4v) is 8.37. The molecule has 2 aliphatic rings.